The van der Waals surface area contributed by atoms with Gasteiger partial charge in [-0.3, -0.25) is 4.79 Å². The Morgan fingerprint density at radius 2 is 1.19 bits per heavy atom. The second-order valence-corrected chi connectivity index (χ2v) is 9.77. The van der Waals surface area contributed by atoms with Gasteiger partial charge in [0.05, 0.1) is 0 Å². The number of carbonyl (C=O) groups excluding carboxylic acids is 1. The molecule has 0 N–H and O–H groups in total. The van der Waals surface area contributed by atoms with Crippen LogP contribution in [0.2, 0.25) is 0 Å². The van der Waals surface area contributed by atoms with Crippen molar-refractivity contribution in [2.24, 2.45) is 5.41 Å². The van der Waals surface area contributed by atoms with Crippen molar-refractivity contribution in [2.75, 3.05) is 0 Å². The van der Waals surface area contributed by atoms with E-state index in [4.69, 9.17) is 0 Å². The molecular formula is C29H26OS. The van der Waals surface area contributed by atoms with Crippen molar-refractivity contribution in [1.82, 2.24) is 0 Å². The summed E-state index contributed by atoms with van der Waals surface area (Å²) in [5.41, 5.74) is 5.28. The van der Waals surface area contributed by atoms with E-state index >= 15 is 0 Å². The molecule has 0 bridgehead atoms. The summed E-state index contributed by atoms with van der Waals surface area (Å²) in [6.07, 6.45) is 14.3. The highest BCUT2D eigenvalue weighted by Gasteiger charge is 2.24. The first-order valence-corrected chi connectivity index (χ1v) is 11.3. The fourth-order valence-corrected chi connectivity index (χ4v) is 4.67. The molecule has 1 aliphatic carbocycles. The number of ketones is 1. The first-order valence-electron chi connectivity index (χ1n) is 10.5. The van der Waals surface area contributed by atoms with Gasteiger partial charge in [-0.15, -0.1) is 0 Å². The number of hydrogen-bond acceptors (Lipinski definition) is 2. The van der Waals surface area contributed by atoms with Crippen LogP contribution in [0.15, 0.2) is 120 Å². The van der Waals surface area contributed by atoms with Crippen molar-refractivity contribution < 1.29 is 4.79 Å². The molecule has 31 heavy (non-hydrogen) atoms. The Balaban J connectivity index is 1.73. The molecule has 2 aromatic carbocycles. The average Bonchev–Trinajstić information content (AvgIpc) is 2.79. The standard InChI is InChI=1S/C29H26OS/c1-29(2,3)25-18-21(16-17-26(25)30)14-15-22-19-27(23-10-6-4-7-11-23)31-28(20-22)24-12-8-5-9-13-24/h4-20H,1-3H3. The molecule has 1 heterocycles. The summed E-state index contributed by atoms with van der Waals surface area (Å²) in [5, 5.41) is 0. The maximum Gasteiger partial charge on any atom is 0.182 e. The highest BCUT2D eigenvalue weighted by molar-refractivity contribution is 8.16. The molecule has 1 aliphatic heterocycles. The van der Waals surface area contributed by atoms with Crippen molar-refractivity contribution in [3.8, 4) is 0 Å². The van der Waals surface area contributed by atoms with Gasteiger partial charge in [0.2, 0.25) is 0 Å². The van der Waals surface area contributed by atoms with E-state index in [1.165, 1.54) is 20.9 Å². The zero-order chi connectivity index (χ0) is 21.8. The van der Waals surface area contributed by atoms with Crippen molar-refractivity contribution in [3.05, 3.63) is 131 Å². The average molecular weight is 423 g/mol. The van der Waals surface area contributed by atoms with Crippen LogP contribution in [0.4, 0.5) is 0 Å². The second-order valence-electron chi connectivity index (χ2n) is 8.69. The monoisotopic (exact) mass is 422 g/mol. The third-order valence-corrected chi connectivity index (χ3v) is 6.36. The van der Waals surface area contributed by atoms with E-state index in [1.807, 2.05) is 24.3 Å². The summed E-state index contributed by atoms with van der Waals surface area (Å²) in [6, 6.07) is 21.0. The summed E-state index contributed by atoms with van der Waals surface area (Å²) in [5.74, 6) is 0.101. The number of thioether (sulfide) groups is 1. The Kier molecular flexibility index (Phi) is 6.11. The molecule has 4 rings (SSSR count). The SMILES string of the molecule is CC(C)(C)C1=CC(=CC=C2C=C(c3ccccc3)SC(c3ccccc3)=C2)C=CC1=O. The second kappa shape index (κ2) is 8.95. The van der Waals surface area contributed by atoms with Crippen molar-refractivity contribution in [2.45, 2.75) is 20.8 Å². The van der Waals surface area contributed by atoms with E-state index in [9.17, 15) is 4.79 Å². The van der Waals surface area contributed by atoms with Gasteiger partial charge in [0.1, 0.15) is 0 Å². The van der Waals surface area contributed by atoms with E-state index in [1.54, 1.807) is 17.8 Å². The molecule has 0 radical (unpaired) electrons. The van der Waals surface area contributed by atoms with Gasteiger partial charge in [-0.2, -0.15) is 0 Å². The zero-order valence-electron chi connectivity index (χ0n) is 18.1. The van der Waals surface area contributed by atoms with Crippen molar-refractivity contribution in [1.29, 1.82) is 0 Å². The van der Waals surface area contributed by atoms with Crippen molar-refractivity contribution >= 4 is 27.4 Å². The minimum Gasteiger partial charge on any atom is -0.290 e. The maximum absolute atomic E-state index is 12.3. The van der Waals surface area contributed by atoms with Crippen LogP contribution >= 0.6 is 11.8 Å². The molecule has 2 heteroatoms. The molecule has 0 fully saturated rings. The lowest BCUT2D eigenvalue weighted by Gasteiger charge is -2.23. The van der Waals surface area contributed by atoms with E-state index in [-0.39, 0.29) is 11.2 Å². The molecule has 0 amide bonds. The fraction of sp³-hybridized carbons (Fsp3) is 0.138. The van der Waals surface area contributed by atoms with Gasteiger partial charge in [-0.05, 0) is 52.0 Å². The Morgan fingerprint density at radius 1 is 0.677 bits per heavy atom. The molecule has 0 saturated carbocycles. The molecule has 0 atom stereocenters. The van der Waals surface area contributed by atoms with Gasteiger partial charge < -0.3 is 0 Å². The van der Waals surface area contributed by atoms with Crippen LogP contribution in [0.3, 0.4) is 0 Å². The summed E-state index contributed by atoms with van der Waals surface area (Å²) in [4.78, 5) is 14.7. The number of benzene rings is 2. The quantitative estimate of drug-likeness (QED) is 0.502. The van der Waals surface area contributed by atoms with Crippen LogP contribution in [0.5, 0.6) is 0 Å². The van der Waals surface area contributed by atoms with Crippen LogP contribution in [-0.4, -0.2) is 5.78 Å². The number of rotatable bonds is 3. The summed E-state index contributed by atoms with van der Waals surface area (Å²) < 4.78 is 0. The predicted molar refractivity (Wildman–Crippen MR) is 134 cm³/mol. The first kappa shape index (κ1) is 21.1. The van der Waals surface area contributed by atoms with Gasteiger partial charge in [0, 0.05) is 15.4 Å². The Hall–Kier alpha value is -3.10. The zero-order valence-corrected chi connectivity index (χ0v) is 18.9. The summed E-state index contributed by atoms with van der Waals surface area (Å²) >= 11 is 1.80. The van der Waals surface area contributed by atoms with Crippen LogP contribution in [0.25, 0.3) is 9.81 Å². The van der Waals surface area contributed by atoms with E-state index in [0.717, 1.165) is 16.7 Å². The number of allylic oxidation sites excluding steroid dienone is 10. The summed E-state index contributed by atoms with van der Waals surface area (Å²) in [6.45, 7) is 6.23. The highest BCUT2D eigenvalue weighted by atomic mass is 32.2. The summed E-state index contributed by atoms with van der Waals surface area (Å²) in [7, 11) is 0. The van der Waals surface area contributed by atoms with Gasteiger partial charge in [-0.25, -0.2) is 0 Å². The largest absolute Gasteiger partial charge is 0.290 e. The van der Waals surface area contributed by atoms with Crippen LogP contribution in [0.1, 0.15) is 31.9 Å². The lowest BCUT2D eigenvalue weighted by Crippen LogP contribution is -2.18. The van der Waals surface area contributed by atoms with Crippen LogP contribution in [-0.2, 0) is 4.79 Å². The van der Waals surface area contributed by atoms with Crippen molar-refractivity contribution in [3.63, 3.8) is 0 Å². The molecule has 2 aliphatic rings. The Morgan fingerprint density at radius 3 is 1.71 bits per heavy atom. The third kappa shape index (κ3) is 5.15. The Bertz CT molecular complexity index is 1110. The molecule has 0 spiro atoms. The normalized spacial score (nSPS) is 17.9. The maximum atomic E-state index is 12.3. The highest BCUT2D eigenvalue weighted by Crippen LogP contribution is 2.44. The van der Waals surface area contributed by atoms with Gasteiger partial charge in [0.25, 0.3) is 0 Å². The topological polar surface area (TPSA) is 17.1 Å². The minimum absolute atomic E-state index is 0.101. The smallest absolute Gasteiger partial charge is 0.182 e. The van der Waals surface area contributed by atoms with Crippen LogP contribution in [0, 0.1) is 5.41 Å². The molecular weight excluding hydrogens is 396 g/mol. The van der Waals surface area contributed by atoms with Gasteiger partial charge >= 0.3 is 0 Å². The van der Waals surface area contributed by atoms with E-state index in [2.05, 4.69) is 93.6 Å². The fourth-order valence-electron chi connectivity index (χ4n) is 3.54. The molecule has 2 aromatic rings. The van der Waals surface area contributed by atoms with Gasteiger partial charge in [-0.1, -0.05) is 111 Å². The van der Waals surface area contributed by atoms with Crippen LogP contribution < -0.4 is 0 Å². The molecule has 154 valence electrons. The van der Waals surface area contributed by atoms with E-state index in [0.29, 0.717) is 0 Å². The predicted octanol–water partition coefficient (Wildman–Crippen LogP) is 7.78. The number of carbonyl (C=O) groups is 1. The Labute approximate surface area is 189 Å². The minimum atomic E-state index is -0.170. The first-order chi connectivity index (χ1) is 14.9. The van der Waals surface area contributed by atoms with Gasteiger partial charge in [0.15, 0.2) is 5.78 Å². The lowest BCUT2D eigenvalue weighted by atomic mass is 9.80. The lowest BCUT2D eigenvalue weighted by molar-refractivity contribution is -0.112. The molecule has 0 unspecified atom stereocenters. The molecule has 1 nitrogen and oxygen atoms in total. The third-order valence-electron chi connectivity index (χ3n) is 5.21. The molecule has 0 saturated heterocycles. The molecule has 0 aromatic heterocycles. The number of hydrogen-bond donors (Lipinski definition) is 0. The van der Waals surface area contributed by atoms with E-state index < -0.39 is 0 Å².